The van der Waals surface area contributed by atoms with E-state index in [2.05, 4.69) is 23.5 Å². The summed E-state index contributed by atoms with van der Waals surface area (Å²) in [6.45, 7) is 5.67. The zero-order valence-electron chi connectivity index (χ0n) is 7.86. The van der Waals surface area contributed by atoms with Crippen molar-refractivity contribution in [3.05, 3.63) is 18.0 Å². The normalized spacial score (nSPS) is 17.3. The first-order valence-electron chi connectivity index (χ1n) is 4.65. The van der Waals surface area contributed by atoms with Crippen molar-refractivity contribution in [3.8, 4) is 0 Å². The van der Waals surface area contributed by atoms with Gasteiger partial charge >= 0.3 is 0 Å². The summed E-state index contributed by atoms with van der Waals surface area (Å²) in [6.07, 6.45) is 3.94. The number of aromatic nitrogens is 2. The Hall–Kier alpha value is -0.870. The Bertz CT molecular complexity index is 268. The highest BCUT2D eigenvalue weighted by atomic mass is 16.5. The standard InChI is InChI=1S/C9H15N3O/c1-8-4-11-12(5-8)3-2-10-9-6-13-7-9/h4-5,9-10H,2-3,6-7H2,1H3. The summed E-state index contributed by atoms with van der Waals surface area (Å²) >= 11 is 0. The van der Waals surface area contributed by atoms with Crippen LogP contribution < -0.4 is 5.32 Å². The van der Waals surface area contributed by atoms with Crippen LogP contribution in [0.5, 0.6) is 0 Å². The SMILES string of the molecule is Cc1cnn(CCNC2COC2)c1. The first-order chi connectivity index (χ1) is 6.34. The molecule has 2 heterocycles. The van der Waals surface area contributed by atoms with E-state index in [9.17, 15) is 0 Å². The molecule has 1 aromatic rings. The highest BCUT2D eigenvalue weighted by Gasteiger charge is 2.16. The Morgan fingerprint density at radius 3 is 3.08 bits per heavy atom. The van der Waals surface area contributed by atoms with Gasteiger partial charge in [0.25, 0.3) is 0 Å². The van der Waals surface area contributed by atoms with E-state index in [4.69, 9.17) is 4.74 Å². The van der Waals surface area contributed by atoms with E-state index >= 15 is 0 Å². The molecule has 2 rings (SSSR count). The molecule has 1 saturated heterocycles. The summed E-state index contributed by atoms with van der Waals surface area (Å²) < 4.78 is 7.02. The van der Waals surface area contributed by atoms with E-state index in [0.717, 1.165) is 26.3 Å². The minimum absolute atomic E-state index is 0.566. The molecule has 0 aliphatic carbocycles. The van der Waals surface area contributed by atoms with Crippen LogP contribution >= 0.6 is 0 Å². The van der Waals surface area contributed by atoms with E-state index in [0.29, 0.717) is 6.04 Å². The summed E-state index contributed by atoms with van der Waals surface area (Å²) in [5.74, 6) is 0. The fourth-order valence-electron chi connectivity index (χ4n) is 1.33. The van der Waals surface area contributed by atoms with Crippen LogP contribution in [0.2, 0.25) is 0 Å². The molecule has 0 saturated carbocycles. The number of hydrogen-bond acceptors (Lipinski definition) is 3. The largest absolute Gasteiger partial charge is 0.378 e. The fourth-order valence-corrected chi connectivity index (χ4v) is 1.33. The quantitative estimate of drug-likeness (QED) is 0.720. The molecule has 4 nitrogen and oxygen atoms in total. The van der Waals surface area contributed by atoms with E-state index in [1.54, 1.807) is 0 Å². The maximum absolute atomic E-state index is 5.06. The zero-order valence-corrected chi connectivity index (χ0v) is 7.86. The lowest BCUT2D eigenvalue weighted by Crippen LogP contribution is -2.46. The van der Waals surface area contributed by atoms with Crippen LogP contribution in [0, 0.1) is 6.92 Å². The van der Waals surface area contributed by atoms with Gasteiger partial charge < -0.3 is 10.1 Å². The van der Waals surface area contributed by atoms with Crippen molar-refractivity contribution in [3.63, 3.8) is 0 Å². The van der Waals surface area contributed by atoms with Crippen LogP contribution in [0.15, 0.2) is 12.4 Å². The van der Waals surface area contributed by atoms with Gasteiger partial charge in [-0.3, -0.25) is 4.68 Å². The topological polar surface area (TPSA) is 39.1 Å². The van der Waals surface area contributed by atoms with Gasteiger partial charge in [0.2, 0.25) is 0 Å². The van der Waals surface area contributed by atoms with E-state index in [1.165, 1.54) is 5.56 Å². The Balaban J connectivity index is 1.67. The summed E-state index contributed by atoms with van der Waals surface area (Å²) in [6, 6.07) is 0.566. The molecule has 1 aliphatic heterocycles. The van der Waals surface area contributed by atoms with Crippen molar-refractivity contribution in [2.24, 2.45) is 0 Å². The Morgan fingerprint density at radius 1 is 1.69 bits per heavy atom. The van der Waals surface area contributed by atoms with E-state index < -0.39 is 0 Å². The monoisotopic (exact) mass is 181 g/mol. The maximum atomic E-state index is 5.06. The van der Waals surface area contributed by atoms with Crippen LogP contribution in [0.4, 0.5) is 0 Å². The smallest absolute Gasteiger partial charge is 0.0643 e. The van der Waals surface area contributed by atoms with Gasteiger partial charge in [0.15, 0.2) is 0 Å². The van der Waals surface area contributed by atoms with Crippen LogP contribution in [0.1, 0.15) is 5.56 Å². The first kappa shape index (κ1) is 8.72. The Morgan fingerprint density at radius 2 is 2.54 bits per heavy atom. The minimum atomic E-state index is 0.566. The van der Waals surface area contributed by atoms with Crippen molar-refractivity contribution < 1.29 is 4.74 Å². The van der Waals surface area contributed by atoms with Gasteiger partial charge in [-0.05, 0) is 12.5 Å². The third-order valence-electron chi connectivity index (χ3n) is 2.17. The van der Waals surface area contributed by atoms with E-state index in [-0.39, 0.29) is 0 Å². The van der Waals surface area contributed by atoms with Gasteiger partial charge in [0, 0.05) is 12.7 Å². The number of nitrogens with one attached hydrogen (secondary N) is 1. The predicted octanol–water partition coefficient (Wildman–Crippen LogP) is 0.180. The van der Waals surface area contributed by atoms with Gasteiger partial charge in [-0.15, -0.1) is 0 Å². The molecule has 1 aliphatic rings. The number of nitrogens with zero attached hydrogens (tertiary/aromatic N) is 2. The van der Waals surface area contributed by atoms with Gasteiger partial charge in [0.1, 0.15) is 0 Å². The lowest BCUT2D eigenvalue weighted by atomic mass is 10.2. The Kier molecular flexibility index (Phi) is 2.61. The third-order valence-corrected chi connectivity index (χ3v) is 2.17. The second kappa shape index (κ2) is 3.89. The summed E-state index contributed by atoms with van der Waals surface area (Å²) in [5, 5.41) is 7.59. The third kappa shape index (κ3) is 2.29. The van der Waals surface area contributed by atoms with Crippen molar-refractivity contribution in [2.45, 2.75) is 19.5 Å². The molecule has 1 N–H and O–H groups in total. The lowest BCUT2D eigenvalue weighted by Gasteiger charge is -2.26. The lowest BCUT2D eigenvalue weighted by molar-refractivity contribution is -0.00523. The summed E-state index contributed by atoms with van der Waals surface area (Å²) in [5.41, 5.74) is 1.21. The predicted molar refractivity (Wildman–Crippen MR) is 49.6 cm³/mol. The molecular formula is C9H15N3O. The van der Waals surface area contributed by atoms with Crippen LogP contribution in [0.3, 0.4) is 0 Å². The average Bonchev–Trinajstić information content (AvgIpc) is 2.42. The molecule has 0 amide bonds. The summed E-state index contributed by atoms with van der Waals surface area (Å²) in [4.78, 5) is 0. The van der Waals surface area contributed by atoms with Crippen molar-refractivity contribution >= 4 is 0 Å². The van der Waals surface area contributed by atoms with Crippen LogP contribution in [-0.2, 0) is 11.3 Å². The highest BCUT2D eigenvalue weighted by molar-refractivity contribution is 4.99. The molecule has 0 bridgehead atoms. The molecule has 0 radical (unpaired) electrons. The van der Waals surface area contributed by atoms with Gasteiger partial charge in [-0.2, -0.15) is 5.10 Å². The van der Waals surface area contributed by atoms with Gasteiger partial charge in [0.05, 0.1) is 32.0 Å². The molecular weight excluding hydrogens is 166 g/mol. The number of hydrogen-bond donors (Lipinski definition) is 1. The van der Waals surface area contributed by atoms with E-state index in [1.807, 2.05) is 10.9 Å². The zero-order chi connectivity index (χ0) is 9.10. The van der Waals surface area contributed by atoms with Crippen molar-refractivity contribution in [2.75, 3.05) is 19.8 Å². The molecule has 1 fully saturated rings. The van der Waals surface area contributed by atoms with Crippen LogP contribution in [0.25, 0.3) is 0 Å². The molecule has 0 atom stereocenters. The van der Waals surface area contributed by atoms with Crippen molar-refractivity contribution in [1.82, 2.24) is 15.1 Å². The molecule has 72 valence electrons. The number of ether oxygens (including phenoxy) is 1. The fraction of sp³-hybridized carbons (Fsp3) is 0.667. The molecule has 0 aromatic carbocycles. The van der Waals surface area contributed by atoms with Gasteiger partial charge in [-0.1, -0.05) is 0 Å². The number of aryl methyl sites for hydroxylation is 1. The highest BCUT2D eigenvalue weighted by Crippen LogP contribution is 1.99. The van der Waals surface area contributed by atoms with Gasteiger partial charge in [-0.25, -0.2) is 0 Å². The molecule has 0 unspecified atom stereocenters. The molecule has 13 heavy (non-hydrogen) atoms. The second-order valence-electron chi connectivity index (χ2n) is 3.47. The van der Waals surface area contributed by atoms with Crippen LogP contribution in [-0.4, -0.2) is 35.6 Å². The molecule has 4 heteroatoms. The molecule has 0 spiro atoms. The van der Waals surface area contributed by atoms with Crippen molar-refractivity contribution in [1.29, 1.82) is 0 Å². The minimum Gasteiger partial charge on any atom is -0.378 e. The Labute approximate surface area is 77.9 Å². The first-order valence-corrected chi connectivity index (χ1v) is 4.65. The number of rotatable bonds is 4. The summed E-state index contributed by atoms with van der Waals surface area (Å²) in [7, 11) is 0. The average molecular weight is 181 g/mol. The molecule has 1 aromatic heterocycles. The maximum Gasteiger partial charge on any atom is 0.0643 e. The second-order valence-corrected chi connectivity index (χ2v) is 3.47.